The van der Waals surface area contributed by atoms with Crippen LogP contribution in [-0.4, -0.2) is 29.8 Å². The number of aliphatic hydroxyl groups is 1. The number of hydrogen-bond donors (Lipinski definition) is 1. The van der Waals surface area contributed by atoms with E-state index in [9.17, 15) is 14.7 Å². The summed E-state index contributed by atoms with van der Waals surface area (Å²) in [6.45, 7) is 1.95. The number of fused-ring (bicyclic) bond motifs is 1. The van der Waals surface area contributed by atoms with Gasteiger partial charge in [-0.05, 0) is 37.2 Å². The van der Waals surface area contributed by atoms with Crippen LogP contribution in [0.3, 0.4) is 0 Å². The lowest BCUT2D eigenvalue weighted by molar-refractivity contribution is -0.184. The number of furan rings is 1. The average Bonchev–Trinajstić information content (AvgIpc) is 3.33. The lowest BCUT2D eigenvalue weighted by Gasteiger charge is -2.57. The summed E-state index contributed by atoms with van der Waals surface area (Å²) in [5.74, 6) is -0.751. The van der Waals surface area contributed by atoms with E-state index in [-0.39, 0.29) is 48.5 Å². The van der Waals surface area contributed by atoms with Gasteiger partial charge in [-0.3, -0.25) is 9.59 Å². The van der Waals surface area contributed by atoms with Gasteiger partial charge in [-0.1, -0.05) is 13.3 Å². The van der Waals surface area contributed by atoms with Crippen LogP contribution in [0.25, 0.3) is 0 Å². The summed E-state index contributed by atoms with van der Waals surface area (Å²) in [5, 5.41) is 10.4. The van der Waals surface area contributed by atoms with Crippen LogP contribution in [0.1, 0.15) is 50.7 Å². The van der Waals surface area contributed by atoms with Crippen molar-refractivity contribution >= 4 is 11.9 Å². The van der Waals surface area contributed by atoms with Gasteiger partial charge in [-0.25, -0.2) is 0 Å². The van der Waals surface area contributed by atoms with Crippen molar-refractivity contribution in [2.45, 2.75) is 51.2 Å². The predicted octanol–water partition coefficient (Wildman–Crippen LogP) is 2.61. The van der Waals surface area contributed by atoms with Gasteiger partial charge in [0, 0.05) is 17.4 Å². The minimum Gasteiger partial charge on any atom is -0.472 e. The SMILES string of the molecule is CC1CC2OC(=O)C3CCCC(C14CC(c1ccoc1)OC4=O)C23CO. The van der Waals surface area contributed by atoms with Gasteiger partial charge < -0.3 is 19.0 Å². The molecule has 0 amide bonds. The third kappa shape index (κ3) is 1.76. The number of carbonyl (C=O) groups excluding carboxylic acids is 2. The smallest absolute Gasteiger partial charge is 0.313 e. The molecule has 0 bridgehead atoms. The van der Waals surface area contributed by atoms with E-state index < -0.39 is 10.8 Å². The topological polar surface area (TPSA) is 86.0 Å². The number of esters is 2. The monoisotopic (exact) mass is 360 g/mol. The van der Waals surface area contributed by atoms with E-state index in [1.165, 1.54) is 0 Å². The quantitative estimate of drug-likeness (QED) is 0.816. The molecule has 1 aromatic rings. The van der Waals surface area contributed by atoms with Gasteiger partial charge in [0.1, 0.15) is 12.2 Å². The Kier molecular flexibility index (Phi) is 3.36. The zero-order valence-electron chi connectivity index (χ0n) is 14.8. The second kappa shape index (κ2) is 5.35. The molecule has 5 rings (SSSR count). The van der Waals surface area contributed by atoms with Crippen molar-refractivity contribution < 1.29 is 28.6 Å². The number of rotatable bonds is 2. The van der Waals surface area contributed by atoms with Gasteiger partial charge in [0.2, 0.25) is 0 Å². The van der Waals surface area contributed by atoms with Crippen LogP contribution in [-0.2, 0) is 19.1 Å². The maximum Gasteiger partial charge on any atom is 0.313 e. The Bertz CT molecular complexity index is 741. The van der Waals surface area contributed by atoms with Gasteiger partial charge >= 0.3 is 11.9 Å². The van der Waals surface area contributed by atoms with Crippen molar-refractivity contribution in [1.29, 1.82) is 0 Å². The van der Waals surface area contributed by atoms with Crippen LogP contribution >= 0.6 is 0 Å². The van der Waals surface area contributed by atoms with Crippen molar-refractivity contribution in [3.05, 3.63) is 24.2 Å². The number of cyclic esters (lactones) is 1. The molecule has 2 aliphatic carbocycles. The molecule has 2 saturated heterocycles. The molecule has 6 heteroatoms. The molecule has 6 nitrogen and oxygen atoms in total. The van der Waals surface area contributed by atoms with Gasteiger partial charge in [-0.15, -0.1) is 0 Å². The molecule has 140 valence electrons. The highest BCUT2D eigenvalue weighted by Crippen LogP contribution is 2.69. The number of carbonyl (C=O) groups is 2. The Morgan fingerprint density at radius 1 is 1.27 bits per heavy atom. The number of aliphatic hydroxyl groups excluding tert-OH is 1. The Balaban J connectivity index is 1.61. The van der Waals surface area contributed by atoms with Crippen molar-refractivity contribution in [1.82, 2.24) is 0 Å². The molecule has 1 aromatic heterocycles. The molecule has 4 fully saturated rings. The van der Waals surface area contributed by atoms with E-state index in [2.05, 4.69) is 6.92 Å². The second-order valence-corrected chi connectivity index (χ2v) is 8.56. The maximum atomic E-state index is 13.2. The highest BCUT2D eigenvalue weighted by molar-refractivity contribution is 5.82. The minimum absolute atomic E-state index is 0.0335. The first kappa shape index (κ1) is 16.4. The largest absolute Gasteiger partial charge is 0.472 e. The minimum atomic E-state index is -0.673. The number of hydrogen-bond acceptors (Lipinski definition) is 6. The van der Waals surface area contributed by atoms with E-state index in [0.717, 1.165) is 24.8 Å². The highest BCUT2D eigenvalue weighted by Gasteiger charge is 2.73. The number of ether oxygens (including phenoxy) is 2. The molecule has 1 spiro atoms. The first-order chi connectivity index (χ1) is 12.5. The van der Waals surface area contributed by atoms with Gasteiger partial charge in [-0.2, -0.15) is 0 Å². The zero-order valence-corrected chi connectivity index (χ0v) is 14.8. The van der Waals surface area contributed by atoms with Crippen LogP contribution in [0.5, 0.6) is 0 Å². The Morgan fingerprint density at radius 3 is 2.85 bits per heavy atom. The Hall–Kier alpha value is -1.82. The molecule has 3 heterocycles. The summed E-state index contributed by atoms with van der Waals surface area (Å²) >= 11 is 0. The van der Waals surface area contributed by atoms with Crippen molar-refractivity contribution in [2.24, 2.45) is 28.6 Å². The molecule has 2 saturated carbocycles. The van der Waals surface area contributed by atoms with E-state index in [1.807, 2.05) is 6.07 Å². The highest BCUT2D eigenvalue weighted by atomic mass is 16.6. The van der Waals surface area contributed by atoms with Crippen molar-refractivity contribution in [2.75, 3.05) is 6.61 Å². The third-order valence-corrected chi connectivity index (χ3v) is 7.84. The molecule has 26 heavy (non-hydrogen) atoms. The van der Waals surface area contributed by atoms with Crippen LogP contribution in [0.2, 0.25) is 0 Å². The fourth-order valence-electron chi connectivity index (χ4n) is 6.63. The molecule has 1 N–H and O–H groups in total. The van der Waals surface area contributed by atoms with Crippen molar-refractivity contribution in [3.8, 4) is 0 Å². The Morgan fingerprint density at radius 2 is 2.12 bits per heavy atom. The standard InChI is InChI=1S/C20H24O6/c1-11-7-16-20(10-21)13(17(22)26-16)3-2-4-15(20)19(11)8-14(25-18(19)23)12-5-6-24-9-12/h5-6,9,11,13-16,21H,2-4,7-8,10H2,1H3. The molecule has 7 unspecified atom stereocenters. The summed E-state index contributed by atoms with van der Waals surface area (Å²) in [5.41, 5.74) is -0.450. The van der Waals surface area contributed by atoms with Gasteiger partial charge in [0.15, 0.2) is 0 Å². The molecule has 4 aliphatic rings. The van der Waals surface area contributed by atoms with Crippen LogP contribution in [0.4, 0.5) is 0 Å². The fourth-order valence-corrected chi connectivity index (χ4v) is 6.63. The van der Waals surface area contributed by atoms with Crippen LogP contribution < -0.4 is 0 Å². The normalized spacial score (nSPS) is 46.9. The lowest BCUT2D eigenvalue weighted by atomic mass is 9.44. The molecule has 0 radical (unpaired) electrons. The van der Waals surface area contributed by atoms with E-state index >= 15 is 0 Å². The first-order valence-electron chi connectivity index (χ1n) is 9.58. The molecule has 0 aromatic carbocycles. The summed E-state index contributed by atoms with van der Waals surface area (Å²) in [6, 6.07) is 1.83. The summed E-state index contributed by atoms with van der Waals surface area (Å²) in [6.07, 6.45) is 6.20. The third-order valence-electron chi connectivity index (χ3n) is 7.84. The molecular weight excluding hydrogens is 336 g/mol. The van der Waals surface area contributed by atoms with Gasteiger partial charge in [0.05, 0.1) is 30.5 Å². The fraction of sp³-hybridized carbons (Fsp3) is 0.700. The predicted molar refractivity (Wildman–Crippen MR) is 88.6 cm³/mol. The van der Waals surface area contributed by atoms with E-state index in [0.29, 0.717) is 12.8 Å². The molecule has 7 atom stereocenters. The summed E-state index contributed by atoms with van der Waals surface area (Å²) in [7, 11) is 0. The van der Waals surface area contributed by atoms with E-state index in [1.54, 1.807) is 12.5 Å². The van der Waals surface area contributed by atoms with Crippen LogP contribution in [0, 0.1) is 28.6 Å². The molecular formula is C20H24O6. The summed E-state index contributed by atoms with van der Waals surface area (Å²) < 4.78 is 16.7. The van der Waals surface area contributed by atoms with Crippen LogP contribution in [0.15, 0.2) is 23.0 Å². The second-order valence-electron chi connectivity index (χ2n) is 8.56. The van der Waals surface area contributed by atoms with Gasteiger partial charge in [0.25, 0.3) is 0 Å². The van der Waals surface area contributed by atoms with E-state index in [4.69, 9.17) is 13.9 Å². The Labute approximate surface area is 151 Å². The lowest BCUT2D eigenvalue weighted by Crippen LogP contribution is -2.62. The average molecular weight is 360 g/mol. The maximum absolute atomic E-state index is 13.2. The summed E-state index contributed by atoms with van der Waals surface area (Å²) in [4.78, 5) is 25.7. The zero-order chi connectivity index (χ0) is 18.1. The van der Waals surface area contributed by atoms with Crippen molar-refractivity contribution in [3.63, 3.8) is 0 Å². The molecule has 2 aliphatic heterocycles. The first-order valence-corrected chi connectivity index (χ1v) is 9.58.